The molecular weight excluding hydrogens is 254 g/mol. The zero-order valence-electron chi connectivity index (χ0n) is 12.2. The smallest absolute Gasteiger partial charge is 0.125 e. The first-order valence-corrected chi connectivity index (χ1v) is 7.55. The van der Waals surface area contributed by atoms with Crippen molar-refractivity contribution in [2.75, 3.05) is 13.2 Å². The van der Waals surface area contributed by atoms with Gasteiger partial charge in [-0.05, 0) is 38.8 Å². The lowest BCUT2D eigenvalue weighted by atomic mass is 10.0. The van der Waals surface area contributed by atoms with Crippen molar-refractivity contribution in [1.82, 2.24) is 5.32 Å². The van der Waals surface area contributed by atoms with Crippen molar-refractivity contribution in [1.29, 1.82) is 0 Å². The molecule has 1 aromatic carbocycles. The van der Waals surface area contributed by atoms with Crippen molar-refractivity contribution in [3.05, 3.63) is 23.3 Å². The fraction of sp³-hybridized carbons (Fsp3) is 0.625. The Labute approximate surface area is 120 Å². The Kier molecular flexibility index (Phi) is 3.85. The van der Waals surface area contributed by atoms with Gasteiger partial charge in [0, 0.05) is 30.1 Å². The van der Waals surface area contributed by atoms with Gasteiger partial charge < -0.3 is 19.9 Å². The summed E-state index contributed by atoms with van der Waals surface area (Å²) >= 11 is 0. The van der Waals surface area contributed by atoms with E-state index >= 15 is 0 Å². The molecule has 0 radical (unpaired) electrons. The Morgan fingerprint density at radius 2 is 2.25 bits per heavy atom. The Bertz CT molecular complexity index is 485. The second kappa shape index (κ2) is 5.62. The van der Waals surface area contributed by atoms with Gasteiger partial charge in [-0.2, -0.15) is 0 Å². The Morgan fingerprint density at radius 1 is 1.45 bits per heavy atom. The van der Waals surface area contributed by atoms with Gasteiger partial charge in [-0.25, -0.2) is 0 Å². The molecule has 20 heavy (non-hydrogen) atoms. The molecule has 1 fully saturated rings. The SMILES string of the molecule is CCOc1cc2c(cc1C(O)CNC1CC1)OC(C)C2. The number of aliphatic hydroxyl groups is 1. The minimum absolute atomic E-state index is 0.205. The standard InChI is InChI=1S/C16H23NO3/c1-3-19-16-7-11-6-10(2)20-15(11)8-13(16)14(18)9-17-12-4-5-12/h7-8,10,12,14,17-18H,3-6,9H2,1-2H3. The van der Waals surface area contributed by atoms with E-state index in [2.05, 4.69) is 12.2 Å². The highest BCUT2D eigenvalue weighted by Gasteiger charge is 2.26. The summed E-state index contributed by atoms with van der Waals surface area (Å²) in [6.07, 6.45) is 3.00. The lowest BCUT2D eigenvalue weighted by Gasteiger charge is -2.17. The van der Waals surface area contributed by atoms with E-state index in [0.717, 1.165) is 23.5 Å². The highest BCUT2D eigenvalue weighted by atomic mass is 16.5. The van der Waals surface area contributed by atoms with E-state index in [1.807, 2.05) is 19.1 Å². The quantitative estimate of drug-likeness (QED) is 0.837. The number of aliphatic hydroxyl groups excluding tert-OH is 1. The van der Waals surface area contributed by atoms with Crippen LogP contribution in [0.2, 0.25) is 0 Å². The highest BCUT2D eigenvalue weighted by molar-refractivity contribution is 5.49. The van der Waals surface area contributed by atoms with Crippen LogP contribution in [0.3, 0.4) is 0 Å². The van der Waals surface area contributed by atoms with Crippen molar-refractivity contribution in [2.45, 2.75) is 51.4 Å². The maximum absolute atomic E-state index is 10.4. The molecule has 0 bridgehead atoms. The summed E-state index contributed by atoms with van der Waals surface area (Å²) in [5.41, 5.74) is 2.00. The summed E-state index contributed by atoms with van der Waals surface area (Å²) in [5.74, 6) is 1.68. The molecule has 2 atom stereocenters. The van der Waals surface area contributed by atoms with Crippen LogP contribution in [0.25, 0.3) is 0 Å². The number of benzene rings is 1. The summed E-state index contributed by atoms with van der Waals surface area (Å²) in [6.45, 7) is 5.19. The molecular formula is C16H23NO3. The van der Waals surface area contributed by atoms with Gasteiger partial charge in [-0.1, -0.05) is 0 Å². The van der Waals surface area contributed by atoms with Crippen LogP contribution in [-0.4, -0.2) is 30.4 Å². The van der Waals surface area contributed by atoms with Crippen molar-refractivity contribution < 1.29 is 14.6 Å². The number of hydrogen-bond acceptors (Lipinski definition) is 4. The van der Waals surface area contributed by atoms with Crippen molar-refractivity contribution in [3.8, 4) is 11.5 Å². The molecule has 4 heteroatoms. The van der Waals surface area contributed by atoms with Gasteiger partial charge in [0.2, 0.25) is 0 Å². The van der Waals surface area contributed by atoms with Crippen molar-refractivity contribution >= 4 is 0 Å². The van der Waals surface area contributed by atoms with E-state index in [1.54, 1.807) is 0 Å². The third-order valence-electron chi connectivity index (χ3n) is 3.86. The fourth-order valence-corrected chi connectivity index (χ4v) is 2.67. The molecule has 1 aliphatic carbocycles. The average Bonchev–Trinajstić information content (AvgIpc) is 3.17. The second-order valence-electron chi connectivity index (χ2n) is 5.76. The van der Waals surface area contributed by atoms with Crippen LogP contribution < -0.4 is 14.8 Å². The van der Waals surface area contributed by atoms with Gasteiger partial charge in [0.05, 0.1) is 12.7 Å². The third kappa shape index (κ3) is 2.91. The first kappa shape index (κ1) is 13.7. The Hall–Kier alpha value is -1.26. The Morgan fingerprint density at radius 3 is 2.95 bits per heavy atom. The van der Waals surface area contributed by atoms with Crippen molar-refractivity contribution in [3.63, 3.8) is 0 Å². The zero-order valence-corrected chi connectivity index (χ0v) is 12.2. The number of nitrogens with one attached hydrogen (secondary N) is 1. The summed E-state index contributed by atoms with van der Waals surface area (Å²) < 4.78 is 11.5. The molecule has 1 saturated carbocycles. The van der Waals surface area contributed by atoms with Crippen LogP contribution in [0, 0.1) is 0 Å². The highest BCUT2D eigenvalue weighted by Crippen LogP contribution is 2.37. The molecule has 0 spiro atoms. The monoisotopic (exact) mass is 277 g/mol. The maximum atomic E-state index is 10.4. The molecule has 110 valence electrons. The average molecular weight is 277 g/mol. The number of hydrogen-bond donors (Lipinski definition) is 2. The summed E-state index contributed by atoms with van der Waals surface area (Å²) in [6, 6.07) is 4.56. The first-order chi connectivity index (χ1) is 9.67. The predicted molar refractivity (Wildman–Crippen MR) is 77.4 cm³/mol. The lowest BCUT2D eigenvalue weighted by molar-refractivity contribution is 0.167. The van der Waals surface area contributed by atoms with Crippen LogP contribution in [-0.2, 0) is 6.42 Å². The van der Waals surface area contributed by atoms with Gasteiger partial charge >= 0.3 is 0 Å². The molecule has 3 rings (SSSR count). The summed E-state index contributed by atoms with van der Waals surface area (Å²) in [4.78, 5) is 0. The minimum atomic E-state index is -0.554. The van der Waals surface area contributed by atoms with E-state index in [4.69, 9.17) is 9.47 Å². The fourth-order valence-electron chi connectivity index (χ4n) is 2.67. The normalized spacial score (nSPS) is 22.2. The number of ether oxygens (including phenoxy) is 2. The van der Waals surface area contributed by atoms with Gasteiger partial charge in [0.25, 0.3) is 0 Å². The number of fused-ring (bicyclic) bond motifs is 1. The van der Waals surface area contributed by atoms with Gasteiger partial charge in [-0.15, -0.1) is 0 Å². The molecule has 2 N–H and O–H groups in total. The zero-order chi connectivity index (χ0) is 14.1. The lowest BCUT2D eigenvalue weighted by Crippen LogP contribution is -2.23. The number of rotatable bonds is 6. The summed E-state index contributed by atoms with van der Waals surface area (Å²) in [7, 11) is 0. The van der Waals surface area contributed by atoms with E-state index in [1.165, 1.54) is 18.4 Å². The van der Waals surface area contributed by atoms with Gasteiger partial charge in [0.15, 0.2) is 0 Å². The molecule has 1 heterocycles. The molecule has 0 amide bonds. The van der Waals surface area contributed by atoms with Crippen LogP contribution in [0.1, 0.15) is 43.9 Å². The molecule has 0 aromatic heterocycles. The van der Waals surface area contributed by atoms with Gasteiger partial charge in [-0.3, -0.25) is 0 Å². The predicted octanol–water partition coefficient (Wildman–Crippen LogP) is 2.19. The first-order valence-electron chi connectivity index (χ1n) is 7.55. The Balaban J connectivity index is 1.81. The van der Waals surface area contributed by atoms with E-state index in [9.17, 15) is 5.11 Å². The third-order valence-corrected chi connectivity index (χ3v) is 3.86. The topological polar surface area (TPSA) is 50.7 Å². The van der Waals surface area contributed by atoms with Crippen molar-refractivity contribution in [2.24, 2.45) is 0 Å². The molecule has 4 nitrogen and oxygen atoms in total. The summed E-state index contributed by atoms with van der Waals surface area (Å²) in [5, 5.41) is 13.8. The second-order valence-corrected chi connectivity index (χ2v) is 5.76. The largest absolute Gasteiger partial charge is 0.493 e. The molecule has 2 unspecified atom stereocenters. The van der Waals surface area contributed by atoms with E-state index in [0.29, 0.717) is 19.2 Å². The molecule has 1 aromatic rings. The van der Waals surface area contributed by atoms with Crippen LogP contribution in [0.15, 0.2) is 12.1 Å². The molecule has 1 aliphatic heterocycles. The molecule has 2 aliphatic rings. The van der Waals surface area contributed by atoms with Crippen LogP contribution in [0.4, 0.5) is 0 Å². The molecule has 0 saturated heterocycles. The maximum Gasteiger partial charge on any atom is 0.125 e. The van der Waals surface area contributed by atoms with E-state index < -0.39 is 6.10 Å². The van der Waals surface area contributed by atoms with Crippen LogP contribution >= 0.6 is 0 Å². The minimum Gasteiger partial charge on any atom is -0.493 e. The van der Waals surface area contributed by atoms with Crippen LogP contribution in [0.5, 0.6) is 11.5 Å². The van der Waals surface area contributed by atoms with E-state index in [-0.39, 0.29) is 6.10 Å². The van der Waals surface area contributed by atoms with Gasteiger partial charge in [0.1, 0.15) is 17.6 Å².